The Labute approximate surface area is 83.8 Å². The van der Waals surface area contributed by atoms with E-state index in [0.717, 1.165) is 18.7 Å². The third-order valence-corrected chi connectivity index (χ3v) is 2.33. The molecule has 0 aliphatic carbocycles. The van der Waals surface area contributed by atoms with Gasteiger partial charge in [0.1, 0.15) is 5.15 Å². The topological polar surface area (TPSA) is 29.0 Å². The minimum atomic E-state index is 0.539. The monoisotopic (exact) mass is 199 g/mol. The van der Waals surface area contributed by atoms with Crippen LogP contribution in [0.15, 0.2) is 6.20 Å². The predicted molar refractivity (Wildman–Crippen MR) is 55.3 cm³/mol. The molecule has 0 radical (unpaired) electrons. The molecule has 0 aliphatic heterocycles. The molecule has 0 unspecified atom stereocenters. The minimum absolute atomic E-state index is 0.539. The van der Waals surface area contributed by atoms with Gasteiger partial charge in [0.2, 0.25) is 5.95 Å². The lowest BCUT2D eigenvalue weighted by molar-refractivity contribution is 0.819. The quantitative estimate of drug-likeness (QED) is 0.700. The van der Waals surface area contributed by atoms with Crippen molar-refractivity contribution >= 4 is 17.5 Å². The van der Waals surface area contributed by atoms with Crippen molar-refractivity contribution in [3.63, 3.8) is 0 Å². The average molecular weight is 200 g/mol. The van der Waals surface area contributed by atoms with Gasteiger partial charge in [-0.25, -0.2) is 9.97 Å². The van der Waals surface area contributed by atoms with Gasteiger partial charge in [-0.3, -0.25) is 0 Å². The lowest BCUT2D eigenvalue weighted by Gasteiger charge is -2.18. The first kappa shape index (κ1) is 10.3. The van der Waals surface area contributed by atoms with Gasteiger partial charge in [0.25, 0.3) is 0 Å². The standard InChI is InChI=1S/C9H14ClN3/c1-4-13(5-2)9-11-6-7(3)8(10)12-9/h6H,4-5H2,1-3H3. The second kappa shape index (κ2) is 4.42. The lowest BCUT2D eigenvalue weighted by atomic mass is 10.4. The van der Waals surface area contributed by atoms with Crippen molar-refractivity contribution in [3.05, 3.63) is 16.9 Å². The fraction of sp³-hybridized carbons (Fsp3) is 0.556. The summed E-state index contributed by atoms with van der Waals surface area (Å²) in [6, 6.07) is 0. The van der Waals surface area contributed by atoms with E-state index in [4.69, 9.17) is 11.6 Å². The van der Waals surface area contributed by atoms with Gasteiger partial charge < -0.3 is 4.90 Å². The van der Waals surface area contributed by atoms with Gasteiger partial charge in [-0.15, -0.1) is 0 Å². The maximum absolute atomic E-state index is 5.89. The van der Waals surface area contributed by atoms with E-state index in [2.05, 4.69) is 28.7 Å². The molecule has 0 aromatic carbocycles. The maximum Gasteiger partial charge on any atom is 0.226 e. The van der Waals surface area contributed by atoms with E-state index in [1.165, 1.54) is 0 Å². The Kier molecular flexibility index (Phi) is 3.48. The zero-order valence-electron chi connectivity index (χ0n) is 8.21. The van der Waals surface area contributed by atoms with E-state index in [1.807, 2.05) is 6.92 Å². The van der Waals surface area contributed by atoms with Crippen molar-refractivity contribution in [2.24, 2.45) is 0 Å². The highest BCUT2D eigenvalue weighted by atomic mass is 35.5. The summed E-state index contributed by atoms with van der Waals surface area (Å²) in [5.74, 6) is 0.709. The highest BCUT2D eigenvalue weighted by Gasteiger charge is 2.06. The second-order valence-corrected chi connectivity index (χ2v) is 3.17. The van der Waals surface area contributed by atoms with E-state index in [9.17, 15) is 0 Å². The molecular weight excluding hydrogens is 186 g/mol. The Balaban J connectivity index is 2.95. The number of aryl methyl sites for hydroxylation is 1. The number of hydrogen-bond donors (Lipinski definition) is 0. The maximum atomic E-state index is 5.89. The summed E-state index contributed by atoms with van der Waals surface area (Å²) in [5, 5.41) is 0.539. The summed E-state index contributed by atoms with van der Waals surface area (Å²) >= 11 is 5.89. The largest absolute Gasteiger partial charge is 0.341 e. The Morgan fingerprint density at radius 1 is 1.38 bits per heavy atom. The van der Waals surface area contributed by atoms with Gasteiger partial charge >= 0.3 is 0 Å². The molecule has 13 heavy (non-hydrogen) atoms. The molecule has 0 bridgehead atoms. The highest BCUT2D eigenvalue weighted by Crippen LogP contribution is 2.14. The highest BCUT2D eigenvalue weighted by molar-refractivity contribution is 6.30. The normalized spacial score (nSPS) is 10.2. The van der Waals surface area contributed by atoms with Crippen molar-refractivity contribution in [2.45, 2.75) is 20.8 Å². The third kappa shape index (κ3) is 2.31. The van der Waals surface area contributed by atoms with Crippen molar-refractivity contribution < 1.29 is 0 Å². The Bertz CT molecular complexity index is 284. The van der Waals surface area contributed by atoms with Crippen molar-refractivity contribution in [1.29, 1.82) is 0 Å². The molecule has 0 saturated carbocycles. The van der Waals surface area contributed by atoms with Crippen LogP contribution < -0.4 is 4.90 Å². The second-order valence-electron chi connectivity index (χ2n) is 2.82. The lowest BCUT2D eigenvalue weighted by Crippen LogP contribution is -2.24. The molecule has 0 atom stereocenters. The molecule has 1 rings (SSSR count). The summed E-state index contributed by atoms with van der Waals surface area (Å²) in [7, 11) is 0. The summed E-state index contributed by atoms with van der Waals surface area (Å²) < 4.78 is 0. The minimum Gasteiger partial charge on any atom is -0.341 e. The van der Waals surface area contributed by atoms with Gasteiger partial charge in [0.15, 0.2) is 0 Å². The number of anilines is 1. The zero-order valence-corrected chi connectivity index (χ0v) is 8.97. The number of rotatable bonds is 3. The Hall–Kier alpha value is -0.830. The van der Waals surface area contributed by atoms with Crippen LogP contribution in [0.4, 0.5) is 5.95 Å². The molecule has 3 nitrogen and oxygen atoms in total. The van der Waals surface area contributed by atoms with Gasteiger partial charge in [-0.1, -0.05) is 11.6 Å². The van der Waals surface area contributed by atoms with Crippen LogP contribution in [-0.4, -0.2) is 23.1 Å². The van der Waals surface area contributed by atoms with Crippen LogP contribution in [0, 0.1) is 6.92 Å². The molecule has 1 aromatic heterocycles. The first-order valence-electron chi connectivity index (χ1n) is 4.43. The van der Waals surface area contributed by atoms with Crippen molar-refractivity contribution in [2.75, 3.05) is 18.0 Å². The van der Waals surface area contributed by atoms with Gasteiger partial charge in [-0.2, -0.15) is 0 Å². The fourth-order valence-corrected chi connectivity index (χ4v) is 1.20. The number of nitrogens with zero attached hydrogens (tertiary/aromatic N) is 3. The molecule has 0 amide bonds. The molecule has 0 saturated heterocycles. The predicted octanol–water partition coefficient (Wildman–Crippen LogP) is 2.28. The third-order valence-electron chi connectivity index (χ3n) is 1.94. The molecule has 0 spiro atoms. The molecular formula is C9H14ClN3. The van der Waals surface area contributed by atoms with Crippen LogP contribution >= 0.6 is 11.6 Å². The number of hydrogen-bond acceptors (Lipinski definition) is 3. The number of aromatic nitrogens is 2. The van der Waals surface area contributed by atoms with Crippen LogP contribution in [-0.2, 0) is 0 Å². The molecule has 72 valence electrons. The van der Waals surface area contributed by atoms with Gasteiger partial charge in [0, 0.05) is 24.8 Å². The van der Waals surface area contributed by atoms with Crippen LogP contribution in [0.5, 0.6) is 0 Å². The van der Waals surface area contributed by atoms with E-state index in [1.54, 1.807) is 6.20 Å². The van der Waals surface area contributed by atoms with E-state index in [-0.39, 0.29) is 0 Å². The van der Waals surface area contributed by atoms with Crippen LogP contribution in [0.1, 0.15) is 19.4 Å². The van der Waals surface area contributed by atoms with Gasteiger partial charge in [-0.05, 0) is 20.8 Å². The van der Waals surface area contributed by atoms with E-state index >= 15 is 0 Å². The summed E-state index contributed by atoms with van der Waals surface area (Å²) in [5.41, 5.74) is 0.914. The van der Waals surface area contributed by atoms with E-state index in [0.29, 0.717) is 11.1 Å². The molecule has 1 aromatic rings. The smallest absolute Gasteiger partial charge is 0.226 e. The Morgan fingerprint density at radius 3 is 2.46 bits per heavy atom. The summed E-state index contributed by atoms with van der Waals surface area (Å²) in [6.45, 7) is 7.83. The average Bonchev–Trinajstić information content (AvgIpc) is 2.13. The van der Waals surface area contributed by atoms with Gasteiger partial charge in [0.05, 0.1) is 0 Å². The first-order chi connectivity index (χ1) is 6.19. The molecule has 0 fully saturated rings. The van der Waals surface area contributed by atoms with Crippen LogP contribution in [0.25, 0.3) is 0 Å². The van der Waals surface area contributed by atoms with Crippen molar-refractivity contribution in [3.8, 4) is 0 Å². The zero-order chi connectivity index (χ0) is 9.84. The van der Waals surface area contributed by atoms with Crippen molar-refractivity contribution in [1.82, 2.24) is 9.97 Å². The molecule has 0 aliphatic rings. The molecule has 0 N–H and O–H groups in total. The van der Waals surface area contributed by atoms with E-state index < -0.39 is 0 Å². The van der Waals surface area contributed by atoms with Crippen LogP contribution in [0.3, 0.4) is 0 Å². The van der Waals surface area contributed by atoms with Crippen LogP contribution in [0.2, 0.25) is 5.15 Å². The fourth-order valence-electron chi connectivity index (χ4n) is 1.07. The first-order valence-corrected chi connectivity index (χ1v) is 4.80. The summed E-state index contributed by atoms with van der Waals surface area (Å²) in [4.78, 5) is 10.5. The SMILES string of the molecule is CCN(CC)c1ncc(C)c(Cl)n1. The Morgan fingerprint density at radius 2 is 2.00 bits per heavy atom. The number of halogens is 1. The molecule has 1 heterocycles. The molecule has 4 heteroatoms. The summed E-state index contributed by atoms with van der Waals surface area (Å²) in [6.07, 6.45) is 1.75.